The number of aliphatic carboxylic acids is 1. The summed E-state index contributed by atoms with van der Waals surface area (Å²) in [5.74, 6) is -2.31. The molecule has 0 aromatic heterocycles. The van der Waals surface area contributed by atoms with Crippen LogP contribution in [0.25, 0.3) is 0 Å². The molecular formula is C23H20ClN3O6S. The van der Waals surface area contributed by atoms with Gasteiger partial charge in [0.1, 0.15) is 29.8 Å². The summed E-state index contributed by atoms with van der Waals surface area (Å²) in [6.45, 7) is 0.0235. The first-order chi connectivity index (χ1) is 16.4. The van der Waals surface area contributed by atoms with Crippen molar-refractivity contribution in [3.05, 3.63) is 82.5 Å². The fourth-order valence-corrected chi connectivity index (χ4v) is 5.20. The standard InChI is InChI=1S/C23H20ClN3O6S/c24-15-12-34-21-17(20(29)27(21)18(15)22(30)31)25-19(28)16(14-9-5-2-6-10-14)26-23(32)33-11-13-7-3-1-4-8-13/h1-10,16-17,21H,11-12H2,(H,25,28)(H,26,32)(H,30,31)/t16?,17-,21+/m1/s1. The van der Waals surface area contributed by atoms with E-state index in [1.807, 2.05) is 18.2 Å². The van der Waals surface area contributed by atoms with Crippen molar-refractivity contribution in [3.8, 4) is 0 Å². The Morgan fingerprint density at radius 1 is 1.12 bits per heavy atom. The van der Waals surface area contributed by atoms with Crippen LogP contribution in [0.5, 0.6) is 0 Å². The lowest BCUT2D eigenvalue weighted by Gasteiger charge is -2.49. The zero-order chi connectivity index (χ0) is 24.2. The fourth-order valence-electron chi connectivity index (χ4n) is 3.65. The molecular weight excluding hydrogens is 482 g/mol. The first kappa shape index (κ1) is 23.7. The van der Waals surface area contributed by atoms with Gasteiger partial charge in [-0.2, -0.15) is 0 Å². The van der Waals surface area contributed by atoms with Crippen LogP contribution in [0.1, 0.15) is 17.2 Å². The molecule has 0 radical (unpaired) electrons. The molecule has 2 aliphatic rings. The highest BCUT2D eigenvalue weighted by Crippen LogP contribution is 2.41. The van der Waals surface area contributed by atoms with Crippen LogP contribution in [0.15, 0.2) is 71.4 Å². The van der Waals surface area contributed by atoms with E-state index in [-0.39, 0.29) is 23.1 Å². The van der Waals surface area contributed by atoms with Gasteiger partial charge in [-0.3, -0.25) is 14.5 Å². The van der Waals surface area contributed by atoms with Gasteiger partial charge in [-0.15, -0.1) is 11.8 Å². The zero-order valence-corrected chi connectivity index (χ0v) is 19.2. The van der Waals surface area contributed by atoms with E-state index in [0.717, 1.165) is 10.5 Å². The van der Waals surface area contributed by atoms with E-state index < -0.39 is 41.3 Å². The number of fused-ring (bicyclic) bond motifs is 1. The molecule has 3 amide bonds. The van der Waals surface area contributed by atoms with Gasteiger partial charge in [0.25, 0.3) is 5.91 Å². The summed E-state index contributed by atoms with van der Waals surface area (Å²) in [5.41, 5.74) is 1.00. The normalized spacial score (nSPS) is 20.0. The molecule has 2 aromatic carbocycles. The van der Waals surface area contributed by atoms with Crippen molar-refractivity contribution in [2.45, 2.75) is 24.1 Å². The maximum absolute atomic E-state index is 13.1. The summed E-state index contributed by atoms with van der Waals surface area (Å²) in [5, 5.41) is 14.0. The highest BCUT2D eigenvalue weighted by atomic mass is 35.5. The molecule has 3 N–H and O–H groups in total. The number of benzene rings is 2. The predicted octanol–water partition coefficient (Wildman–Crippen LogP) is 2.59. The minimum absolute atomic E-state index is 0.0235. The number of alkyl carbamates (subject to hydrolysis) is 1. The van der Waals surface area contributed by atoms with E-state index in [1.54, 1.807) is 42.5 Å². The molecule has 1 saturated heterocycles. The van der Waals surface area contributed by atoms with Crippen LogP contribution in [-0.2, 0) is 25.7 Å². The van der Waals surface area contributed by atoms with Crippen molar-refractivity contribution in [3.63, 3.8) is 0 Å². The van der Waals surface area contributed by atoms with Crippen LogP contribution >= 0.6 is 23.4 Å². The van der Waals surface area contributed by atoms with Crippen LogP contribution in [0.2, 0.25) is 0 Å². The molecule has 0 spiro atoms. The van der Waals surface area contributed by atoms with Crippen molar-refractivity contribution in [2.24, 2.45) is 0 Å². The molecule has 4 rings (SSSR count). The molecule has 11 heteroatoms. The lowest BCUT2D eigenvalue weighted by Crippen LogP contribution is -2.71. The summed E-state index contributed by atoms with van der Waals surface area (Å²) in [7, 11) is 0. The number of halogens is 1. The number of carboxylic acid groups (broad SMARTS) is 1. The number of β-lactam (4-membered cyclic amide) rings is 1. The Balaban J connectivity index is 1.45. The number of carbonyl (C=O) groups is 4. The number of thioether (sulfide) groups is 1. The number of carboxylic acids is 1. The molecule has 9 nitrogen and oxygen atoms in total. The van der Waals surface area contributed by atoms with Crippen LogP contribution in [0, 0.1) is 0 Å². The summed E-state index contributed by atoms with van der Waals surface area (Å²) in [6.07, 6.45) is -0.802. The van der Waals surface area contributed by atoms with Gasteiger partial charge in [-0.1, -0.05) is 72.3 Å². The Morgan fingerprint density at radius 3 is 2.41 bits per heavy atom. The fraction of sp³-hybridized carbons (Fsp3) is 0.217. The van der Waals surface area contributed by atoms with Gasteiger partial charge in [0, 0.05) is 5.75 Å². The maximum atomic E-state index is 13.1. The van der Waals surface area contributed by atoms with Gasteiger partial charge in [0.15, 0.2) is 0 Å². The molecule has 2 heterocycles. The zero-order valence-electron chi connectivity index (χ0n) is 17.6. The summed E-state index contributed by atoms with van der Waals surface area (Å²) in [4.78, 5) is 50.8. The molecule has 2 aromatic rings. The number of nitrogens with one attached hydrogen (secondary N) is 2. The number of amides is 3. The average molecular weight is 502 g/mol. The van der Waals surface area contributed by atoms with Crippen molar-refractivity contribution >= 4 is 47.2 Å². The first-order valence-corrected chi connectivity index (χ1v) is 11.7. The number of rotatable bonds is 7. The number of nitrogens with zero attached hydrogens (tertiary/aromatic N) is 1. The van der Waals surface area contributed by atoms with E-state index in [1.165, 1.54) is 11.8 Å². The summed E-state index contributed by atoms with van der Waals surface area (Å²) >= 11 is 7.24. The monoisotopic (exact) mass is 501 g/mol. The third kappa shape index (κ3) is 4.87. The lowest BCUT2D eigenvalue weighted by molar-refractivity contribution is -0.150. The minimum atomic E-state index is -1.31. The number of hydrogen-bond acceptors (Lipinski definition) is 6. The molecule has 3 atom stereocenters. The van der Waals surface area contributed by atoms with Crippen molar-refractivity contribution in [2.75, 3.05) is 5.75 Å². The second kappa shape index (κ2) is 10.2. The van der Waals surface area contributed by atoms with Gasteiger partial charge < -0.3 is 20.5 Å². The van der Waals surface area contributed by atoms with E-state index in [0.29, 0.717) is 5.56 Å². The third-order valence-corrected chi connectivity index (χ3v) is 7.04. The van der Waals surface area contributed by atoms with Gasteiger partial charge in [-0.05, 0) is 11.1 Å². The number of carbonyl (C=O) groups excluding carboxylic acids is 3. The predicted molar refractivity (Wildman–Crippen MR) is 124 cm³/mol. The maximum Gasteiger partial charge on any atom is 0.408 e. The highest BCUT2D eigenvalue weighted by molar-refractivity contribution is 8.00. The quantitative estimate of drug-likeness (QED) is 0.498. The molecule has 0 bridgehead atoms. The lowest BCUT2D eigenvalue weighted by atomic mass is 10.0. The Bertz CT molecular complexity index is 1140. The number of ether oxygens (including phenoxy) is 1. The largest absolute Gasteiger partial charge is 0.477 e. The van der Waals surface area contributed by atoms with Crippen LogP contribution < -0.4 is 10.6 Å². The summed E-state index contributed by atoms with van der Waals surface area (Å²) in [6, 6.07) is 15.5. The van der Waals surface area contributed by atoms with E-state index in [2.05, 4.69) is 10.6 Å². The van der Waals surface area contributed by atoms with E-state index >= 15 is 0 Å². The Hall–Kier alpha value is -3.50. The smallest absolute Gasteiger partial charge is 0.408 e. The van der Waals surface area contributed by atoms with Crippen LogP contribution in [0.4, 0.5) is 4.79 Å². The first-order valence-electron chi connectivity index (χ1n) is 10.3. The van der Waals surface area contributed by atoms with Crippen LogP contribution in [-0.4, -0.2) is 51.1 Å². The number of hydrogen-bond donors (Lipinski definition) is 3. The van der Waals surface area contributed by atoms with E-state index in [4.69, 9.17) is 16.3 Å². The SMILES string of the molecule is O=C(NC(C(=O)N[C@@H]1C(=O)N2C(C(=O)O)=C(Cl)CS[C@@H]12)c1ccccc1)OCc1ccccc1. The second-order valence-corrected chi connectivity index (χ2v) is 9.07. The Kier molecular flexibility index (Phi) is 7.09. The third-order valence-electron chi connectivity index (χ3n) is 5.29. The van der Waals surface area contributed by atoms with Crippen molar-refractivity contribution in [1.82, 2.24) is 15.5 Å². The van der Waals surface area contributed by atoms with Crippen molar-refractivity contribution in [1.29, 1.82) is 0 Å². The van der Waals surface area contributed by atoms with Crippen LogP contribution in [0.3, 0.4) is 0 Å². The molecule has 0 saturated carbocycles. The minimum Gasteiger partial charge on any atom is -0.477 e. The van der Waals surface area contributed by atoms with Gasteiger partial charge in [0.2, 0.25) is 5.91 Å². The molecule has 176 valence electrons. The summed E-state index contributed by atoms with van der Waals surface area (Å²) < 4.78 is 5.24. The molecule has 34 heavy (non-hydrogen) atoms. The molecule has 0 aliphatic carbocycles. The van der Waals surface area contributed by atoms with Gasteiger partial charge in [-0.25, -0.2) is 9.59 Å². The second-order valence-electron chi connectivity index (χ2n) is 7.50. The van der Waals surface area contributed by atoms with E-state index in [9.17, 15) is 24.3 Å². The Labute approximate surface area is 204 Å². The highest BCUT2D eigenvalue weighted by Gasteiger charge is 2.54. The van der Waals surface area contributed by atoms with Crippen molar-refractivity contribution < 1.29 is 29.0 Å². The molecule has 1 unspecified atom stereocenters. The van der Waals surface area contributed by atoms with Gasteiger partial charge in [0.05, 0.1) is 5.03 Å². The molecule has 1 fully saturated rings. The van der Waals surface area contributed by atoms with Gasteiger partial charge >= 0.3 is 12.1 Å². The average Bonchev–Trinajstić information content (AvgIpc) is 2.85. The molecule has 2 aliphatic heterocycles. The Morgan fingerprint density at radius 2 is 1.76 bits per heavy atom. The topological polar surface area (TPSA) is 125 Å².